The molecule has 17 heavy (non-hydrogen) atoms. The molecule has 96 valence electrons. The van der Waals surface area contributed by atoms with Crippen LogP contribution in [-0.2, 0) is 4.74 Å². The Balaban J connectivity index is 2.18. The summed E-state index contributed by atoms with van der Waals surface area (Å²) < 4.78 is 5.49. The number of nitrogens with zero attached hydrogens (tertiary/aromatic N) is 1. The van der Waals surface area contributed by atoms with Crippen molar-refractivity contribution >= 4 is 5.69 Å². The molecule has 0 unspecified atom stereocenters. The van der Waals surface area contributed by atoms with Crippen LogP contribution in [0.5, 0.6) is 0 Å². The van der Waals surface area contributed by atoms with E-state index in [1.54, 1.807) is 0 Å². The number of anilines is 1. The van der Waals surface area contributed by atoms with E-state index in [4.69, 9.17) is 4.74 Å². The van der Waals surface area contributed by atoms with Crippen LogP contribution in [0.1, 0.15) is 38.1 Å². The van der Waals surface area contributed by atoms with Crippen molar-refractivity contribution in [2.24, 2.45) is 0 Å². The fourth-order valence-corrected chi connectivity index (χ4v) is 1.72. The number of hydrogen-bond donors (Lipinski definition) is 1. The Morgan fingerprint density at radius 3 is 2.41 bits per heavy atom. The number of hydrogen-bond acceptors (Lipinski definition) is 3. The Morgan fingerprint density at radius 1 is 1.18 bits per heavy atom. The first-order valence-electron chi connectivity index (χ1n) is 6.38. The quantitative estimate of drug-likeness (QED) is 0.737. The summed E-state index contributed by atoms with van der Waals surface area (Å²) in [6, 6.07) is 4.16. The normalized spacial score (nSPS) is 10.9. The molecule has 0 atom stereocenters. The minimum Gasteiger partial charge on any atom is -0.385 e. The summed E-state index contributed by atoms with van der Waals surface area (Å²) in [5.74, 6) is 0. The minimum absolute atomic E-state index is 0.341. The van der Waals surface area contributed by atoms with Gasteiger partial charge in [0.15, 0.2) is 0 Å². The first-order valence-corrected chi connectivity index (χ1v) is 6.38. The summed E-state index contributed by atoms with van der Waals surface area (Å²) in [4.78, 5) is 4.35. The van der Waals surface area contributed by atoms with Gasteiger partial charge in [0.2, 0.25) is 0 Å². The van der Waals surface area contributed by atoms with Crippen LogP contribution >= 0.6 is 0 Å². The molecule has 1 rings (SSSR count). The lowest BCUT2D eigenvalue weighted by Gasteiger charge is -2.09. The van der Waals surface area contributed by atoms with Crippen molar-refractivity contribution in [3.05, 3.63) is 23.5 Å². The molecule has 0 spiro atoms. The number of ether oxygens (including phenoxy) is 1. The van der Waals surface area contributed by atoms with Gasteiger partial charge in [0.05, 0.1) is 6.10 Å². The lowest BCUT2D eigenvalue weighted by molar-refractivity contribution is 0.0765. The molecule has 1 aromatic heterocycles. The van der Waals surface area contributed by atoms with Gasteiger partial charge < -0.3 is 10.1 Å². The average molecular weight is 236 g/mol. The lowest BCUT2D eigenvalue weighted by atomic mass is 10.2. The highest BCUT2D eigenvalue weighted by atomic mass is 16.5. The molecule has 0 aromatic carbocycles. The van der Waals surface area contributed by atoms with E-state index in [1.807, 2.05) is 13.8 Å². The first-order chi connectivity index (χ1) is 8.08. The predicted octanol–water partition coefficient (Wildman–Crippen LogP) is 3.32. The molecular weight excluding hydrogens is 212 g/mol. The summed E-state index contributed by atoms with van der Waals surface area (Å²) in [6.45, 7) is 10.0. The Bertz CT molecular complexity index is 317. The Kier molecular flexibility index (Phi) is 5.98. The maximum Gasteiger partial charge on any atom is 0.0518 e. The highest BCUT2D eigenvalue weighted by Crippen LogP contribution is 2.10. The van der Waals surface area contributed by atoms with Crippen LogP contribution in [0.15, 0.2) is 12.1 Å². The van der Waals surface area contributed by atoms with Gasteiger partial charge in [-0.15, -0.1) is 0 Å². The van der Waals surface area contributed by atoms with E-state index in [2.05, 4.69) is 36.3 Å². The largest absolute Gasteiger partial charge is 0.385 e. The Hall–Kier alpha value is -1.09. The summed E-state index contributed by atoms with van der Waals surface area (Å²) in [5.41, 5.74) is 3.30. The van der Waals surface area contributed by atoms with E-state index in [0.29, 0.717) is 6.10 Å². The monoisotopic (exact) mass is 236 g/mol. The van der Waals surface area contributed by atoms with E-state index >= 15 is 0 Å². The van der Waals surface area contributed by atoms with Crippen molar-refractivity contribution in [3.63, 3.8) is 0 Å². The Labute approximate surface area is 105 Å². The van der Waals surface area contributed by atoms with E-state index in [1.165, 1.54) is 5.69 Å². The molecule has 1 heterocycles. The second kappa shape index (κ2) is 7.28. The van der Waals surface area contributed by atoms with Gasteiger partial charge in [-0.1, -0.05) is 0 Å². The van der Waals surface area contributed by atoms with Crippen molar-refractivity contribution in [3.8, 4) is 0 Å². The van der Waals surface area contributed by atoms with Crippen LogP contribution in [0.4, 0.5) is 5.69 Å². The molecule has 1 aromatic rings. The van der Waals surface area contributed by atoms with Crippen molar-refractivity contribution < 1.29 is 4.74 Å². The van der Waals surface area contributed by atoms with E-state index in [9.17, 15) is 0 Å². The molecule has 3 nitrogen and oxygen atoms in total. The second-order valence-corrected chi connectivity index (χ2v) is 4.69. The maximum absolute atomic E-state index is 5.49. The molecule has 0 amide bonds. The standard InChI is InChI=1S/C14H24N2O/c1-11(2)17-8-6-5-7-15-14-9-12(3)16-13(4)10-14/h9-11H,5-8H2,1-4H3,(H,15,16). The number of unbranched alkanes of at least 4 members (excludes halogenated alkanes) is 1. The summed E-state index contributed by atoms with van der Waals surface area (Å²) in [7, 11) is 0. The first kappa shape index (κ1) is 14.0. The molecule has 3 heteroatoms. The van der Waals surface area contributed by atoms with Crippen LogP contribution in [0.25, 0.3) is 0 Å². The van der Waals surface area contributed by atoms with Crippen molar-refractivity contribution in [1.82, 2.24) is 4.98 Å². The number of aryl methyl sites for hydroxylation is 2. The maximum atomic E-state index is 5.49. The van der Waals surface area contributed by atoms with Gasteiger partial charge in [-0.05, 0) is 52.7 Å². The van der Waals surface area contributed by atoms with Crippen molar-refractivity contribution in [2.75, 3.05) is 18.5 Å². The lowest BCUT2D eigenvalue weighted by Crippen LogP contribution is -2.07. The van der Waals surface area contributed by atoms with Crippen LogP contribution < -0.4 is 5.32 Å². The van der Waals surface area contributed by atoms with Gasteiger partial charge >= 0.3 is 0 Å². The number of aromatic nitrogens is 1. The van der Waals surface area contributed by atoms with Gasteiger partial charge in [0.1, 0.15) is 0 Å². The smallest absolute Gasteiger partial charge is 0.0518 e. The third-order valence-electron chi connectivity index (χ3n) is 2.43. The van der Waals surface area contributed by atoms with E-state index < -0.39 is 0 Å². The fourth-order valence-electron chi connectivity index (χ4n) is 1.72. The summed E-state index contributed by atoms with van der Waals surface area (Å²) >= 11 is 0. The fraction of sp³-hybridized carbons (Fsp3) is 0.643. The highest BCUT2D eigenvalue weighted by Gasteiger charge is 1.97. The molecule has 0 saturated heterocycles. The highest BCUT2D eigenvalue weighted by molar-refractivity contribution is 5.44. The molecule has 0 saturated carbocycles. The summed E-state index contributed by atoms with van der Waals surface area (Å²) in [6.07, 6.45) is 2.58. The number of rotatable bonds is 7. The predicted molar refractivity (Wildman–Crippen MR) is 72.5 cm³/mol. The molecule has 1 N–H and O–H groups in total. The molecule has 0 radical (unpaired) electrons. The van der Waals surface area contributed by atoms with Gasteiger partial charge in [-0.2, -0.15) is 0 Å². The molecule has 0 aliphatic heterocycles. The topological polar surface area (TPSA) is 34.1 Å². The van der Waals surface area contributed by atoms with Gasteiger partial charge in [-0.3, -0.25) is 4.98 Å². The van der Waals surface area contributed by atoms with Gasteiger partial charge in [-0.25, -0.2) is 0 Å². The minimum atomic E-state index is 0.341. The molecule has 0 fully saturated rings. The zero-order chi connectivity index (χ0) is 12.7. The molecule has 0 aliphatic carbocycles. The SMILES string of the molecule is Cc1cc(NCCCCOC(C)C)cc(C)n1. The average Bonchev–Trinajstić information content (AvgIpc) is 2.21. The van der Waals surface area contributed by atoms with Crippen LogP contribution in [0.3, 0.4) is 0 Å². The second-order valence-electron chi connectivity index (χ2n) is 4.69. The van der Waals surface area contributed by atoms with E-state index in [0.717, 1.165) is 37.4 Å². The molecular formula is C14H24N2O. The van der Waals surface area contributed by atoms with Crippen LogP contribution in [0.2, 0.25) is 0 Å². The van der Waals surface area contributed by atoms with Crippen molar-refractivity contribution in [2.45, 2.75) is 46.6 Å². The number of pyridine rings is 1. The van der Waals surface area contributed by atoms with Crippen LogP contribution in [0, 0.1) is 13.8 Å². The third kappa shape index (κ3) is 6.27. The van der Waals surface area contributed by atoms with Crippen molar-refractivity contribution in [1.29, 1.82) is 0 Å². The van der Waals surface area contributed by atoms with E-state index in [-0.39, 0.29) is 0 Å². The molecule has 0 aliphatic rings. The summed E-state index contributed by atoms with van der Waals surface area (Å²) in [5, 5.41) is 3.42. The van der Waals surface area contributed by atoms with Gasteiger partial charge in [0, 0.05) is 30.2 Å². The van der Waals surface area contributed by atoms with Gasteiger partial charge in [0.25, 0.3) is 0 Å². The zero-order valence-electron chi connectivity index (χ0n) is 11.4. The third-order valence-corrected chi connectivity index (χ3v) is 2.43. The Morgan fingerprint density at radius 2 is 1.82 bits per heavy atom. The number of nitrogens with one attached hydrogen (secondary N) is 1. The molecule has 0 bridgehead atoms. The zero-order valence-corrected chi connectivity index (χ0v) is 11.4. The van der Waals surface area contributed by atoms with Crippen LogP contribution in [-0.4, -0.2) is 24.2 Å².